The largest absolute Gasteiger partial charge is 0.424 e. The molecule has 0 radical (unpaired) electrons. The first-order valence-electron chi connectivity index (χ1n) is 8.75. The molecule has 1 heterocycles. The van der Waals surface area contributed by atoms with Crippen LogP contribution in [0.15, 0.2) is 56.0 Å². The number of hydrogen-bond donors (Lipinski definition) is 0. The van der Waals surface area contributed by atoms with Crippen molar-refractivity contribution in [2.75, 3.05) is 0 Å². The van der Waals surface area contributed by atoms with E-state index in [1.807, 2.05) is 6.92 Å². The van der Waals surface area contributed by atoms with Crippen molar-refractivity contribution in [1.29, 1.82) is 0 Å². The van der Waals surface area contributed by atoms with Crippen LogP contribution in [0.25, 0.3) is 6.08 Å². The van der Waals surface area contributed by atoms with E-state index in [0.717, 1.165) is 0 Å². The number of nitro groups is 1. The van der Waals surface area contributed by atoms with Crippen molar-refractivity contribution in [3.8, 4) is 5.75 Å². The Morgan fingerprint density at radius 2 is 1.87 bits per heavy atom. The summed E-state index contributed by atoms with van der Waals surface area (Å²) < 4.78 is 11.6. The van der Waals surface area contributed by atoms with E-state index in [1.54, 1.807) is 12.1 Å². The number of non-ortho nitro benzene ring substituents is 1. The van der Waals surface area contributed by atoms with Crippen molar-refractivity contribution < 1.29 is 24.0 Å². The van der Waals surface area contributed by atoms with E-state index in [9.17, 15) is 19.7 Å². The number of esters is 2. The van der Waals surface area contributed by atoms with Gasteiger partial charge in [-0.25, -0.2) is 9.79 Å². The maximum atomic E-state index is 12.2. The first-order chi connectivity index (χ1) is 14.3. The molecule has 1 aliphatic rings. The Kier molecular flexibility index (Phi) is 6.78. The lowest BCUT2D eigenvalue weighted by atomic mass is 10.2. The van der Waals surface area contributed by atoms with Crippen LogP contribution in [0.2, 0.25) is 0 Å². The van der Waals surface area contributed by atoms with Gasteiger partial charge in [0.25, 0.3) is 5.69 Å². The Bertz CT molecular complexity index is 1070. The molecule has 2 aromatic carbocycles. The fourth-order valence-electron chi connectivity index (χ4n) is 2.55. The van der Waals surface area contributed by atoms with E-state index in [2.05, 4.69) is 36.9 Å². The molecular formula is C20H14Br2N2O6. The molecule has 1 aliphatic heterocycles. The summed E-state index contributed by atoms with van der Waals surface area (Å²) in [7, 11) is 0. The maximum absolute atomic E-state index is 12.2. The lowest BCUT2D eigenvalue weighted by Gasteiger charge is -2.09. The molecule has 0 spiro atoms. The minimum atomic E-state index is -0.644. The van der Waals surface area contributed by atoms with Crippen LogP contribution in [-0.2, 0) is 14.3 Å². The van der Waals surface area contributed by atoms with E-state index in [1.165, 1.54) is 30.3 Å². The molecule has 0 fully saturated rings. The third-order valence-electron chi connectivity index (χ3n) is 3.94. The number of carbonyl (C=O) groups excluding carboxylic acids is 2. The SMILES string of the molecule is CCCC(=O)Oc1c(Br)cc(/C=C2\N=C(c3ccc([N+](=O)[O-])cc3)OC2=O)cc1Br. The Labute approximate surface area is 188 Å². The number of benzene rings is 2. The van der Waals surface area contributed by atoms with Crippen LogP contribution in [0.5, 0.6) is 5.75 Å². The molecule has 2 aromatic rings. The van der Waals surface area contributed by atoms with Gasteiger partial charge in [-0.05, 0) is 74.2 Å². The van der Waals surface area contributed by atoms with Crippen molar-refractivity contribution in [3.05, 3.63) is 72.3 Å². The second kappa shape index (κ2) is 9.31. The van der Waals surface area contributed by atoms with E-state index in [0.29, 0.717) is 38.7 Å². The normalized spacial score (nSPS) is 14.4. The molecule has 0 saturated heterocycles. The highest BCUT2D eigenvalue weighted by Crippen LogP contribution is 2.36. The number of ether oxygens (including phenoxy) is 2. The Balaban J connectivity index is 1.86. The molecule has 8 nitrogen and oxygen atoms in total. The maximum Gasteiger partial charge on any atom is 0.363 e. The molecule has 0 amide bonds. The monoisotopic (exact) mass is 536 g/mol. The topological polar surface area (TPSA) is 108 Å². The van der Waals surface area contributed by atoms with Crippen molar-refractivity contribution in [1.82, 2.24) is 0 Å². The molecule has 0 aromatic heterocycles. The molecular weight excluding hydrogens is 524 g/mol. The van der Waals surface area contributed by atoms with Crippen LogP contribution in [0.3, 0.4) is 0 Å². The second-order valence-electron chi connectivity index (χ2n) is 6.18. The molecule has 0 unspecified atom stereocenters. The Morgan fingerprint density at radius 3 is 2.43 bits per heavy atom. The smallest absolute Gasteiger partial charge is 0.363 e. The quantitative estimate of drug-likeness (QED) is 0.165. The zero-order valence-corrected chi connectivity index (χ0v) is 18.7. The Morgan fingerprint density at radius 1 is 1.23 bits per heavy atom. The summed E-state index contributed by atoms with van der Waals surface area (Å²) in [5.74, 6) is -0.583. The van der Waals surface area contributed by atoms with Gasteiger partial charge >= 0.3 is 11.9 Å². The van der Waals surface area contributed by atoms with Gasteiger partial charge in [0.1, 0.15) is 0 Å². The lowest BCUT2D eigenvalue weighted by Crippen LogP contribution is -2.08. The molecule has 0 saturated carbocycles. The number of carbonyl (C=O) groups is 2. The molecule has 0 aliphatic carbocycles. The third kappa shape index (κ3) is 5.00. The van der Waals surface area contributed by atoms with Gasteiger partial charge in [0.05, 0.1) is 13.9 Å². The molecule has 154 valence electrons. The predicted octanol–water partition coefficient (Wildman–Crippen LogP) is 5.17. The van der Waals surface area contributed by atoms with E-state index >= 15 is 0 Å². The van der Waals surface area contributed by atoms with Crippen LogP contribution < -0.4 is 4.74 Å². The van der Waals surface area contributed by atoms with Crippen LogP contribution in [-0.4, -0.2) is 22.8 Å². The van der Waals surface area contributed by atoms with Gasteiger partial charge < -0.3 is 9.47 Å². The zero-order valence-electron chi connectivity index (χ0n) is 15.6. The molecule has 3 rings (SSSR count). The lowest BCUT2D eigenvalue weighted by molar-refractivity contribution is -0.384. The molecule has 0 bridgehead atoms. The average Bonchev–Trinajstić information content (AvgIpc) is 3.05. The number of hydrogen-bond acceptors (Lipinski definition) is 7. The van der Waals surface area contributed by atoms with Gasteiger partial charge in [-0.2, -0.15) is 0 Å². The number of aliphatic imine (C=N–C) groups is 1. The molecule has 10 heteroatoms. The number of cyclic esters (lactones) is 1. The first kappa shape index (κ1) is 21.8. The predicted molar refractivity (Wildman–Crippen MR) is 116 cm³/mol. The summed E-state index contributed by atoms with van der Waals surface area (Å²) >= 11 is 6.73. The van der Waals surface area contributed by atoms with Crippen LogP contribution in [0.1, 0.15) is 30.9 Å². The Hall–Kier alpha value is -2.85. The number of halogens is 2. The second-order valence-corrected chi connectivity index (χ2v) is 7.89. The molecule has 0 N–H and O–H groups in total. The third-order valence-corrected chi connectivity index (χ3v) is 5.12. The minimum absolute atomic E-state index is 0.0596. The van der Waals surface area contributed by atoms with E-state index in [-0.39, 0.29) is 23.3 Å². The number of nitrogens with zero attached hydrogens (tertiary/aromatic N) is 2. The highest BCUT2D eigenvalue weighted by Gasteiger charge is 2.25. The van der Waals surface area contributed by atoms with Crippen molar-refractivity contribution in [3.63, 3.8) is 0 Å². The van der Waals surface area contributed by atoms with Crippen molar-refractivity contribution >= 4 is 61.5 Å². The summed E-state index contributed by atoms with van der Waals surface area (Å²) in [6.45, 7) is 1.88. The van der Waals surface area contributed by atoms with Gasteiger partial charge in [-0.15, -0.1) is 0 Å². The average molecular weight is 538 g/mol. The first-order valence-corrected chi connectivity index (χ1v) is 10.3. The minimum Gasteiger partial charge on any atom is -0.424 e. The standard InChI is InChI=1S/C20H14Br2N2O6/c1-2-3-17(25)29-18-14(21)8-11(9-15(18)22)10-16-20(26)30-19(23-16)12-4-6-13(7-5-12)24(27)28/h4-10H,2-3H2,1H3/b16-10-. The van der Waals surface area contributed by atoms with Crippen LogP contribution in [0.4, 0.5) is 5.69 Å². The number of nitro benzene ring substituents is 1. The van der Waals surface area contributed by atoms with E-state index in [4.69, 9.17) is 9.47 Å². The summed E-state index contributed by atoms with van der Waals surface area (Å²) in [4.78, 5) is 38.4. The zero-order chi connectivity index (χ0) is 21.8. The fraction of sp³-hybridized carbons (Fsp3) is 0.150. The highest BCUT2D eigenvalue weighted by atomic mass is 79.9. The van der Waals surface area contributed by atoms with Crippen molar-refractivity contribution in [2.24, 2.45) is 4.99 Å². The van der Waals surface area contributed by atoms with Crippen LogP contribution >= 0.6 is 31.9 Å². The highest BCUT2D eigenvalue weighted by molar-refractivity contribution is 9.11. The van der Waals surface area contributed by atoms with Gasteiger partial charge in [0.2, 0.25) is 5.90 Å². The summed E-state index contributed by atoms with van der Waals surface area (Å²) in [5, 5.41) is 10.8. The molecule has 0 atom stereocenters. The van der Waals surface area contributed by atoms with Gasteiger partial charge in [-0.1, -0.05) is 6.92 Å². The van der Waals surface area contributed by atoms with E-state index < -0.39 is 10.9 Å². The summed E-state index contributed by atoms with van der Waals surface area (Å²) in [6.07, 6.45) is 2.50. The van der Waals surface area contributed by atoms with Crippen LogP contribution in [0, 0.1) is 10.1 Å². The van der Waals surface area contributed by atoms with Gasteiger partial charge in [-0.3, -0.25) is 14.9 Å². The van der Waals surface area contributed by atoms with Gasteiger partial charge in [0.15, 0.2) is 11.4 Å². The molecule has 30 heavy (non-hydrogen) atoms. The number of rotatable bonds is 6. The van der Waals surface area contributed by atoms with Gasteiger partial charge in [0, 0.05) is 24.1 Å². The summed E-state index contributed by atoms with van der Waals surface area (Å²) in [6, 6.07) is 8.89. The van der Waals surface area contributed by atoms with Crippen molar-refractivity contribution in [2.45, 2.75) is 19.8 Å². The summed E-state index contributed by atoms with van der Waals surface area (Å²) in [5.41, 5.74) is 1.05. The fourth-order valence-corrected chi connectivity index (χ4v) is 3.93.